The number of primary amides is 1. The zero-order chi connectivity index (χ0) is 12.8. The predicted molar refractivity (Wildman–Crippen MR) is 71.5 cm³/mol. The molecule has 1 heterocycles. The van der Waals surface area contributed by atoms with Gasteiger partial charge in [-0.1, -0.05) is 36.4 Å². The fraction of sp³-hybridized carbons (Fsp3) is 0.214. The van der Waals surface area contributed by atoms with Gasteiger partial charge in [0.2, 0.25) is 0 Å². The van der Waals surface area contributed by atoms with Crippen LogP contribution in [-0.2, 0) is 11.2 Å². The molecule has 0 fully saturated rings. The van der Waals surface area contributed by atoms with Crippen LogP contribution in [0.2, 0.25) is 0 Å². The average molecular weight is 243 g/mol. The van der Waals surface area contributed by atoms with Crippen molar-refractivity contribution >= 4 is 5.91 Å². The SMILES string of the molecule is NC(=O)C1=CC=C[C@H](NCCc2ccccc2)N1. The lowest BCUT2D eigenvalue weighted by Gasteiger charge is -2.21. The van der Waals surface area contributed by atoms with Crippen molar-refractivity contribution in [3.8, 4) is 0 Å². The van der Waals surface area contributed by atoms with E-state index in [4.69, 9.17) is 5.73 Å². The fourth-order valence-corrected chi connectivity index (χ4v) is 1.82. The molecule has 18 heavy (non-hydrogen) atoms. The molecule has 94 valence electrons. The minimum atomic E-state index is -0.436. The molecule has 0 bridgehead atoms. The fourth-order valence-electron chi connectivity index (χ4n) is 1.82. The number of nitrogens with one attached hydrogen (secondary N) is 2. The van der Waals surface area contributed by atoms with Crippen molar-refractivity contribution in [3.63, 3.8) is 0 Å². The number of dihydropyridines is 1. The second-order valence-electron chi connectivity index (χ2n) is 4.14. The Balaban J connectivity index is 1.77. The van der Waals surface area contributed by atoms with E-state index in [9.17, 15) is 4.79 Å². The van der Waals surface area contributed by atoms with Gasteiger partial charge in [0, 0.05) is 6.54 Å². The summed E-state index contributed by atoms with van der Waals surface area (Å²) in [6.07, 6.45) is 6.37. The number of amides is 1. The van der Waals surface area contributed by atoms with Gasteiger partial charge in [-0.3, -0.25) is 10.1 Å². The molecule has 0 aliphatic carbocycles. The molecule has 4 nitrogen and oxygen atoms in total. The molecule has 1 aromatic rings. The molecule has 0 aromatic heterocycles. The van der Waals surface area contributed by atoms with Crippen LogP contribution in [0.4, 0.5) is 0 Å². The second-order valence-corrected chi connectivity index (χ2v) is 4.14. The van der Waals surface area contributed by atoms with Crippen LogP contribution >= 0.6 is 0 Å². The molecular formula is C14H17N3O. The Labute approximate surface area is 107 Å². The molecule has 0 saturated heterocycles. The lowest BCUT2D eigenvalue weighted by atomic mass is 10.1. The Kier molecular flexibility index (Phi) is 4.15. The summed E-state index contributed by atoms with van der Waals surface area (Å²) in [4.78, 5) is 11.0. The van der Waals surface area contributed by atoms with Crippen molar-refractivity contribution in [1.29, 1.82) is 0 Å². The van der Waals surface area contributed by atoms with Crippen molar-refractivity contribution < 1.29 is 4.79 Å². The summed E-state index contributed by atoms with van der Waals surface area (Å²) < 4.78 is 0. The molecule has 1 amide bonds. The molecule has 0 radical (unpaired) electrons. The highest BCUT2D eigenvalue weighted by molar-refractivity contribution is 5.91. The smallest absolute Gasteiger partial charge is 0.264 e. The molecule has 1 aliphatic heterocycles. The summed E-state index contributed by atoms with van der Waals surface area (Å²) in [6, 6.07) is 10.3. The van der Waals surface area contributed by atoms with Gasteiger partial charge in [0.05, 0.1) is 6.17 Å². The van der Waals surface area contributed by atoms with Crippen molar-refractivity contribution in [2.45, 2.75) is 12.6 Å². The molecule has 4 heteroatoms. The van der Waals surface area contributed by atoms with Crippen LogP contribution in [0.15, 0.2) is 54.3 Å². The highest BCUT2D eigenvalue weighted by Gasteiger charge is 2.12. The zero-order valence-corrected chi connectivity index (χ0v) is 10.1. The molecule has 0 unspecified atom stereocenters. The Morgan fingerprint density at radius 2 is 2.11 bits per heavy atom. The second kappa shape index (κ2) is 6.02. The van der Waals surface area contributed by atoms with Gasteiger partial charge in [-0.05, 0) is 24.1 Å². The van der Waals surface area contributed by atoms with Crippen LogP contribution in [0.3, 0.4) is 0 Å². The topological polar surface area (TPSA) is 67.2 Å². The van der Waals surface area contributed by atoms with E-state index in [0.717, 1.165) is 13.0 Å². The molecule has 4 N–H and O–H groups in total. The minimum Gasteiger partial charge on any atom is -0.364 e. The lowest BCUT2D eigenvalue weighted by Crippen LogP contribution is -2.44. The van der Waals surface area contributed by atoms with Gasteiger partial charge >= 0.3 is 0 Å². The third-order valence-corrected chi connectivity index (χ3v) is 2.76. The number of nitrogens with two attached hydrogens (primary N) is 1. The Hall–Kier alpha value is -2.07. The van der Waals surface area contributed by atoms with E-state index < -0.39 is 5.91 Å². The first-order valence-corrected chi connectivity index (χ1v) is 5.98. The first kappa shape index (κ1) is 12.4. The number of carbonyl (C=O) groups is 1. The van der Waals surface area contributed by atoms with Crippen LogP contribution in [-0.4, -0.2) is 18.6 Å². The number of rotatable bonds is 5. The monoisotopic (exact) mass is 243 g/mol. The highest BCUT2D eigenvalue weighted by Crippen LogP contribution is 2.01. The van der Waals surface area contributed by atoms with Crippen LogP contribution in [0.5, 0.6) is 0 Å². The number of hydrogen-bond acceptors (Lipinski definition) is 3. The van der Waals surface area contributed by atoms with Gasteiger partial charge in [0.25, 0.3) is 5.91 Å². The van der Waals surface area contributed by atoms with E-state index >= 15 is 0 Å². The highest BCUT2D eigenvalue weighted by atomic mass is 16.1. The Morgan fingerprint density at radius 3 is 2.83 bits per heavy atom. The molecule has 2 rings (SSSR count). The summed E-state index contributed by atoms with van der Waals surface area (Å²) >= 11 is 0. The summed E-state index contributed by atoms with van der Waals surface area (Å²) in [5, 5.41) is 6.34. The Morgan fingerprint density at radius 1 is 1.33 bits per heavy atom. The first-order chi connectivity index (χ1) is 8.75. The molecule has 0 saturated carbocycles. The van der Waals surface area contributed by atoms with Crippen LogP contribution in [0.25, 0.3) is 0 Å². The molecule has 1 aromatic carbocycles. The maximum atomic E-state index is 11.0. The minimum absolute atomic E-state index is 0.0405. The van der Waals surface area contributed by atoms with Gasteiger partial charge in [-0.2, -0.15) is 0 Å². The molecule has 0 spiro atoms. The van der Waals surface area contributed by atoms with E-state index in [2.05, 4.69) is 22.8 Å². The first-order valence-electron chi connectivity index (χ1n) is 5.98. The number of benzene rings is 1. The van der Waals surface area contributed by atoms with E-state index in [0.29, 0.717) is 5.70 Å². The third kappa shape index (κ3) is 3.46. The van der Waals surface area contributed by atoms with Gasteiger partial charge in [0.15, 0.2) is 0 Å². The van der Waals surface area contributed by atoms with Crippen molar-refractivity contribution in [3.05, 3.63) is 59.8 Å². The largest absolute Gasteiger partial charge is 0.364 e. The van der Waals surface area contributed by atoms with Crippen LogP contribution < -0.4 is 16.4 Å². The zero-order valence-electron chi connectivity index (χ0n) is 10.1. The van der Waals surface area contributed by atoms with Crippen LogP contribution in [0.1, 0.15) is 5.56 Å². The maximum Gasteiger partial charge on any atom is 0.264 e. The number of carbonyl (C=O) groups excluding carboxylic acids is 1. The average Bonchev–Trinajstić information content (AvgIpc) is 2.40. The summed E-state index contributed by atoms with van der Waals surface area (Å²) in [5.74, 6) is -0.436. The van der Waals surface area contributed by atoms with Gasteiger partial charge in [-0.25, -0.2) is 0 Å². The number of allylic oxidation sites excluding steroid dienone is 2. The lowest BCUT2D eigenvalue weighted by molar-refractivity contribution is -0.115. The maximum absolute atomic E-state index is 11.0. The summed E-state index contributed by atoms with van der Waals surface area (Å²) in [5.41, 5.74) is 6.94. The van der Waals surface area contributed by atoms with E-state index in [1.807, 2.05) is 30.4 Å². The quantitative estimate of drug-likeness (QED) is 0.712. The van der Waals surface area contributed by atoms with Crippen molar-refractivity contribution in [1.82, 2.24) is 10.6 Å². The molecule has 1 aliphatic rings. The van der Waals surface area contributed by atoms with E-state index in [1.54, 1.807) is 6.08 Å². The van der Waals surface area contributed by atoms with Crippen LogP contribution in [0, 0.1) is 0 Å². The standard InChI is InChI=1S/C14H17N3O/c15-14(18)12-7-4-8-13(17-12)16-10-9-11-5-2-1-3-6-11/h1-8,13,16-17H,9-10H2,(H2,15,18)/t13-/m1/s1. The number of hydrogen-bond donors (Lipinski definition) is 3. The van der Waals surface area contributed by atoms with Gasteiger partial charge < -0.3 is 11.1 Å². The van der Waals surface area contributed by atoms with Crippen molar-refractivity contribution in [2.24, 2.45) is 5.73 Å². The predicted octanol–water partition coefficient (Wildman–Crippen LogP) is 0.673. The Bertz CT molecular complexity index is 465. The van der Waals surface area contributed by atoms with Gasteiger partial charge in [-0.15, -0.1) is 0 Å². The van der Waals surface area contributed by atoms with Crippen molar-refractivity contribution in [2.75, 3.05) is 6.54 Å². The molecular weight excluding hydrogens is 226 g/mol. The van der Waals surface area contributed by atoms with Gasteiger partial charge in [0.1, 0.15) is 5.70 Å². The van der Waals surface area contributed by atoms with E-state index in [1.165, 1.54) is 5.56 Å². The van der Waals surface area contributed by atoms with E-state index in [-0.39, 0.29) is 6.17 Å². The normalized spacial score (nSPS) is 18.0. The third-order valence-electron chi connectivity index (χ3n) is 2.76. The summed E-state index contributed by atoms with van der Waals surface area (Å²) in [7, 11) is 0. The molecule has 1 atom stereocenters. The summed E-state index contributed by atoms with van der Waals surface area (Å²) in [6.45, 7) is 0.831.